The van der Waals surface area contributed by atoms with Crippen LogP contribution in [0.3, 0.4) is 0 Å². The van der Waals surface area contributed by atoms with Crippen molar-refractivity contribution in [1.29, 1.82) is 0 Å². The van der Waals surface area contributed by atoms with Crippen molar-refractivity contribution in [2.75, 3.05) is 18.9 Å². The van der Waals surface area contributed by atoms with Gasteiger partial charge in [-0.15, -0.1) is 0 Å². The van der Waals surface area contributed by atoms with Crippen molar-refractivity contribution in [2.24, 2.45) is 0 Å². The molecule has 100 valence electrons. The first-order chi connectivity index (χ1) is 8.50. The van der Waals surface area contributed by atoms with Gasteiger partial charge in [-0.1, -0.05) is 0 Å². The van der Waals surface area contributed by atoms with E-state index in [9.17, 15) is 9.90 Å². The number of nitrogen functional groups attached to an aromatic ring is 1. The summed E-state index contributed by atoms with van der Waals surface area (Å²) in [6, 6.07) is 4.44. The molecule has 1 amide bonds. The number of amides is 1. The SMILES string of the molecule is CC(C)OCCCNC(=O)c1ccc(N)c(O)c1. The summed E-state index contributed by atoms with van der Waals surface area (Å²) in [5.74, 6) is -0.305. The van der Waals surface area contributed by atoms with Gasteiger partial charge in [0.25, 0.3) is 5.91 Å². The molecule has 0 aromatic heterocycles. The first-order valence-corrected chi connectivity index (χ1v) is 5.99. The van der Waals surface area contributed by atoms with Gasteiger partial charge >= 0.3 is 0 Å². The Morgan fingerprint density at radius 3 is 2.83 bits per heavy atom. The van der Waals surface area contributed by atoms with Crippen molar-refractivity contribution in [2.45, 2.75) is 26.4 Å². The molecule has 0 saturated carbocycles. The summed E-state index contributed by atoms with van der Waals surface area (Å²) in [4.78, 5) is 11.7. The molecule has 1 aromatic carbocycles. The van der Waals surface area contributed by atoms with Gasteiger partial charge in [-0.25, -0.2) is 0 Å². The number of carbonyl (C=O) groups is 1. The standard InChI is InChI=1S/C13H20N2O3/c1-9(2)18-7-3-6-15-13(17)10-4-5-11(14)12(16)8-10/h4-5,8-9,16H,3,6-7,14H2,1-2H3,(H,15,17). The van der Waals surface area contributed by atoms with E-state index in [1.165, 1.54) is 12.1 Å². The summed E-state index contributed by atoms with van der Waals surface area (Å²) in [6.07, 6.45) is 0.958. The minimum absolute atomic E-state index is 0.0780. The summed E-state index contributed by atoms with van der Waals surface area (Å²) >= 11 is 0. The lowest BCUT2D eigenvalue weighted by atomic mass is 10.2. The van der Waals surface area contributed by atoms with Gasteiger partial charge in [-0.2, -0.15) is 0 Å². The summed E-state index contributed by atoms with van der Waals surface area (Å²) in [5.41, 5.74) is 6.11. The number of nitrogens with one attached hydrogen (secondary N) is 1. The molecule has 0 fully saturated rings. The third-order valence-electron chi connectivity index (χ3n) is 2.35. The van der Waals surface area contributed by atoms with E-state index in [4.69, 9.17) is 10.5 Å². The zero-order valence-corrected chi connectivity index (χ0v) is 10.8. The number of phenolic OH excluding ortho intramolecular Hbond substituents is 1. The second kappa shape index (κ2) is 6.86. The average molecular weight is 252 g/mol. The molecule has 0 radical (unpaired) electrons. The first-order valence-electron chi connectivity index (χ1n) is 5.99. The van der Waals surface area contributed by atoms with Gasteiger partial charge in [0.05, 0.1) is 11.8 Å². The zero-order valence-electron chi connectivity index (χ0n) is 10.8. The normalized spacial score (nSPS) is 10.6. The van der Waals surface area contributed by atoms with E-state index in [1.54, 1.807) is 6.07 Å². The summed E-state index contributed by atoms with van der Waals surface area (Å²) < 4.78 is 5.36. The highest BCUT2D eigenvalue weighted by atomic mass is 16.5. The second-order valence-corrected chi connectivity index (χ2v) is 4.30. The quantitative estimate of drug-likeness (QED) is 0.407. The number of carbonyl (C=O) groups excluding carboxylic acids is 1. The van der Waals surface area contributed by atoms with E-state index < -0.39 is 0 Å². The second-order valence-electron chi connectivity index (χ2n) is 4.30. The van der Waals surface area contributed by atoms with Crippen LogP contribution in [0.25, 0.3) is 0 Å². The third kappa shape index (κ3) is 4.63. The monoisotopic (exact) mass is 252 g/mol. The Morgan fingerprint density at radius 2 is 2.22 bits per heavy atom. The van der Waals surface area contributed by atoms with E-state index in [0.717, 1.165) is 6.42 Å². The van der Waals surface area contributed by atoms with Crippen LogP contribution in [0.15, 0.2) is 18.2 Å². The van der Waals surface area contributed by atoms with Crippen molar-refractivity contribution in [1.82, 2.24) is 5.32 Å². The Bertz CT molecular complexity index is 405. The highest BCUT2D eigenvalue weighted by molar-refractivity contribution is 5.95. The molecule has 5 nitrogen and oxygen atoms in total. The Hall–Kier alpha value is -1.75. The Labute approximate surface area is 107 Å². The molecule has 18 heavy (non-hydrogen) atoms. The van der Waals surface area contributed by atoms with Gasteiger partial charge in [-0.05, 0) is 38.5 Å². The van der Waals surface area contributed by atoms with Gasteiger partial charge in [0.15, 0.2) is 0 Å². The van der Waals surface area contributed by atoms with Crippen LogP contribution < -0.4 is 11.1 Å². The third-order valence-corrected chi connectivity index (χ3v) is 2.35. The lowest BCUT2D eigenvalue weighted by Crippen LogP contribution is -2.25. The molecule has 0 atom stereocenters. The van der Waals surface area contributed by atoms with Gasteiger partial charge in [0, 0.05) is 18.7 Å². The Kier molecular flexibility index (Phi) is 5.45. The molecule has 5 heteroatoms. The summed E-state index contributed by atoms with van der Waals surface area (Å²) in [5, 5.41) is 12.1. The molecule has 1 rings (SSSR count). The van der Waals surface area contributed by atoms with Crippen LogP contribution in [-0.2, 0) is 4.74 Å². The van der Waals surface area contributed by atoms with E-state index in [2.05, 4.69) is 5.32 Å². The molecule has 0 aliphatic carbocycles. The maximum atomic E-state index is 11.7. The molecule has 0 unspecified atom stereocenters. The molecule has 0 bridgehead atoms. The highest BCUT2D eigenvalue weighted by Gasteiger charge is 2.07. The number of anilines is 1. The number of aromatic hydroxyl groups is 1. The lowest BCUT2D eigenvalue weighted by molar-refractivity contribution is 0.0757. The van der Waals surface area contributed by atoms with Crippen molar-refractivity contribution in [3.63, 3.8) is 0 Å². The fraction of sp³-hybridized carbons (Fsp3) is 0.462. The van der Waals surface area contributed by atoms with Gasteiger partial charge in [0.2, 0.25) is 0 Å². The topological polar surface area (TPSA) is 84.6 Å². The van der Waals surface area contributed by atoms with Crippen molar-refractivity contribution >= 4 is 11.6 Å². The maximum Gasteiger partial charge on any atom is 0.251 e. The maximum absolute atomic E-state index is 11.7. The molecule has 0 spiro atoms. The molecule has 0 aliphatic heterocycles. The largest absolute Gasteiger partial charge is 0.506 e. The van der Waals surface area contributed by atoms with E-state index in [0.29, 0.717) is 18.7 Å². The summed E-state index contributed by atoms with van der Waals surface area (Å²) in [6.45, 7) is 5.09. The van der Waals surface area contributed by atoms with Crippen LogP contribution in [0, 0.1) is 0 Å². The van der Waals surface area contributed by atoms with E-state index in [-0.39, 0.29) is 23.4 Å². The van der Waals surface area contributed by atoms with Crippen LogP contribution in [0.2, 0.25) is 0 Å². The minimum Gasteiger partial charge on any atom is -0.506 e. The molecule has 0 saturated heterocycles. The number of phenols is 1. The lowest BCUT2D eigenvalue weighted by Gasteiger charge is -2.08. The predicted molar refractivity (Wildman–Crippen MR) is 70.6 cm³/mol. The molecule has 4 N–H and O–H groups in total. The molecule has 0 aliphatic rings. The molecule has 0 heterocycles. The highest BCUT2D eigenvalue weighted by Crippen LogP contribution is 2.20. The zero-order chi connectivity index (χ0) is 13.5. The smallest absolute Gasteiger partial charge is 0.251 e. The van der Waals surface area contributed by atoms with Crippen LogP contribution in [0.5, 0.6) is 5.75 Å². The fourth-order valence-corrected chi connectivity index (χ4v) is 1.38. The van der Waals surface area contributed by atoms with E-state index >= 15 is 0 Å². The average Bonchev–Trinajstić information content (AvgIpc) is 2.31. The summed E-state index contributed by atoms with van der Waals surface area (Å²) in [7, 11) is 0. The number of hydrogen-bond acceptors (Lipinski definition) is 4. The minimum atomic E-state index is -0.227. The van der Waals surface area contributed by atoms with Crippen LogP contribution in [0.4, 0.5) is 5.69 Å². The molecular formula is C13H20N2O3. The first kappa shape index (κ1) is 14.3. The Balaban J connectivity index is 2.34. The fourth-order valence-electron chi connectivity index (χ4n) is 1.38. The number of nitrogens with two attached hydrogens (primary N) is 1. The number of hydrogen-bond donors (Lipinski definition) is 3. The van der Waals surface area contributed by atoms with Crippen molar-refractivity contribution in [3.8, 4) is 5.75 Å². The number of benzene rings is 1. The van der Waals surface area contributed by atoms with Crippen molar-refractivity contribution in [3.05, 3.63) is 23.8 Å². The Morgan fingerprint density at radius 1 is 1.50 bits per heavy atom. The predicted octanol–water partition coefficient (Wildman–Crippen LogP) is 1.52. The molecular weight excluding hydrogens is 232 g/mol. The number of rotatable bonds is 6. The van der Waals surface area contributed by atoms with E-state index in [1.807, 2.05) is 13.8 Å². The van der Waals surface area contributed by atoms with Gasteiger partial charge < -0.3 is 20.9 Å². The molecule has 1 aromatic rings. The van der Waals surface area contributed by atoms with Crippen molar-refractivity contribution < 1.29 is 14.6 Å². The number of ether oxygens (including phenoxy) is 1. The van der Waals surface area contributed by atoms with Crippen LogP contribution in [0.1, 0.15) is 30.6 Å². The van der Waals surface area contributed by atoms with Gasteiger partial charge in [-0.3, -0.25) is 4.79 Å². The van der Waals surface area contributed by atoms with Crippen LogP contribution >= 0.6 is 0 Å². The van der Waals surface area contributed by atoms with Crippen LogP contribution in [-0.4, -0.2) is 30.3 Å². The van der Waals surface area contributed by atoms with Gasteiger partial charge in [0.1, 0.15) is 5.75 Å².